The molecule has 2 unspecified atom stereocenters. The Hall–Kier alpha value is -0.830. The number of hydrogen-bond acceptors (Lipinski definition) is 2. The van der Waals surface area contributed by atoms with Crippen LogP contribution in [-0.4, -0.2) is 16.0 Å². The summed E-state index contributed by atoms with van der Waals surface area (Å²) in [6.07, 6.45) is 3.36. The number of aromatic nitrogens is 2. The van der Waals surface area contributed by atoms with Crippen molar-refractivity contribution in [3.63, 3.8) is 0 Å². The molecule has 1 aliphatic carbocycles. The highest BCUT2D eigenvalue weighted by atomic mass is 14.9. The van der Waals surface area contributed by atoms with Crippen LogP contribution < -0.4 is 5.73 Å². The van der Waals surface area contributed by atoms with E-state index in [1.807, 2.05) is 6.92 Å². The van der Waals surface area contributed by atoms with Gasteiger partial charge in [-0.25, -0.2) is 4.98 Å². The van der Waals surface area contributed by atoms with Gasteiger partial charge >= 0.3 is 0 Å². The first kappa shape index (κ1) is 8.75. The standard InChI is InChI=1S/C10H17N3/c1-6(11)8-3-4-9-10(5-8)13-7(2)12-9/h6,8H,3-5,11H2,1-2H3,(H,12,13). The number of aromatic amines is 1. The number of nitrogens with zero attached hydrogens (tertiary/aromatic N) is 1. The molecule has 0 aromatic carbocycles. The zero-order valence-corrected chi connectivity index (χ0v) is 8.30. The number of imidazole rings is 1. The van der Waals surface area contributed by atoms with Gasteiger partial charge in [0.2, 0.25) is 0 Å². The molecule has 1 aromatic rings. The summed E-state index contributed by atoms with van der Waals surface area (Å²) in [7, 11) is 0. The molecule has 3 heteroatoms. The van der Waals surface area contributed by atoms with Crippen LogP contribution in [0.15, 0.2) is 0 Å². The number of H-pyrrole nitrogens is 1. The molecule has 1 heterocycles. The first-order valence-electron chi connectivity index (χ1n) is 4.96. The molecule has 2 atom stereocenters. The summed E-state index contributed by atoms with van der Waals surface area (Å²) in [6, 6.07) is 0.303. The van der Waals surface area contributed by atoms with Crippen molar-refractivity contribution in [3.05, 3.63) is 17.2 Å². The van der Waals surface area contributed by atoms with Crippen LogP contribution in [-0.2, 0) is 12.8 Å². The summed E-state index contributed by atoms with van der Waals surface area (Å²) in [5, 5.41) is 0. The zero-order valence-electron chi connectivity index (χ0n) is 8.30. The Balaban J connectivity index is 2.19. The topological polar surface area (TPSA) is 54.7 Å². The fraction of sp³-hybridized carbons (Fsp3) is 0.700. The van der Waals surface area contributed by atoms with E-state index in [9.17, 15) is 0 Å². The van der Waals surface area contributed by atoms with E-state index < -0.39 is 0 Å². The summed E-state index contributed by atoms with van der Waals surface area (Å²) >= 11 is 0. The second-order valence-corrected chi connectivity index (χ2v) is 4.11. The van der Waals surface area contributed by atoms with Gasteiger partial charge in [-0.3, -0.25) is 0 Å². The third kappa shape index (κ3) is 1.61. The highest BCUT2D eigenvalue weighted by molar-refractivity contribution is 5.18. The lowest BCUT2D eigenvalue weighted by molar-refractivity contribution is 0.388. The molecule has 1 aromatic heterocycles. The van der Waals surface area contributed by atoms with Gasteiger partial charge in [0.25, 0.3) is 0 Å². The predicted octanol–water partition coefficient (Wildman–Crippen LogP) is 1.17. The third-order valence-electron chi connectivity index (χ3n) is 2.94. The molecule has 3 nitrogen and oxygen atoms in total. The monoisotopic (exact) mass is 179 g/mol. The average Bonchev–Trinajstić information content (AvgIpc) is 2.42. The van der Waals surface area contributed by atoms with Crippen molar-refractivity contribution in [1.82, 2.24) is 9.97 Å². The summed E-state index contributed by atoms with van der Waals surface area (Å²) in [5.41, 5.74) is 8.47. The minimum Gasteiger partial charge on any atom is -0.346 e. The van der Waals surface area contributed by atoms with Gasteiger partial charge in [-0.2, -0.15) is 0 Å². The van der Waals surface area contributed by atoms with Crippen LogP contribution >= 0.6 is 0 Å². The van der Waals surface area contributed by atoms with Crippen molar-refractivity contribution in [2.75, 3.05) is 0 Å². The Morgan fingerprint density at radius 1 is 1.62 bits per heavy atom. The van der Waals surface area contributed by atoms with Gasteiger partial charge in [-0.05, 0) is 39.0 Å². The lowest BCUT2D eigenvalue weighted by Gasteiger charge is -2.24. The smallest absolute Gasteiger partial charge is 0.103 e. The molecule has 72 valence electrons. The van der Waals surface area contributed by atoms with Gasteiger partial charge in [0.1, 0.15) is 5.82 Å². The second-order valence-electron chi connectivity index (χ2n) is 4.11. The van der Waals surface area contributed by atoms with E-state index >= 15 is 0 Å². The Morgan fingerprint density at radius 3 is 3.08 bits per heavy atom. The van der Waals surface area contributed by atoms with E-state index in [4.69, 9.17) is 5.73 Å². The van der Waals surface area contributed by atoms with E-state index in [2.05, 4.69) is 16.9 Å². The fourth-order valence-corrected chi connectivity index (χ4v) is 2.10. The number of aryl methyl sites for hydroxylation is 2. The Morgan fingerprint density at radius 2 is 2.38 bits per heavy atom. The maximum absolute atomic E-state index is 5.90. The lowest BCUT2D eigenvalue weighted by atomic mass is 9.85. The van der Waals surface area contributed by atoms with Crippen molar-refractivity contribution < 1.29 is 0 Å². The molecule has 1 aliphatic rings. The van der Waals surface area contributed by atoms with Crippen LogP contribution in [0.25, 0.3) is 0 Å². The van der Waals surface area contributed by atoms with Crippen LogP contribution in [0.2, 0.25) is 0 Å². The van der Waals surface area contributed by atoms with Crippen molar-refractivity contribution >= 4 is 0 Å². The van der Waals surface area contributed by atoms with Crippen LogP contribution in [0.5, 0.6) is 0 Å². The predicted molar refractivity (Wildman–Crippen MR) is 52.5 cm³/mol. The summed E-state index contributed by atoms with van der Waals surface area (Å²) in [6.45, 7) is 4.11. The Kier molecular flexibility index (Phi) is 2.12. The molecular formula is C10H17N3. The molecule has 0 saturated carbocycles. The van der Waals surface area contributed by atoms with Gasteiger partial charge in [0, 0.05) is 11.7 Å². The number of nitrogens with two attached hydrogens (primary N) is 1. The van der Waals surface area contributed by atoms with E-state index in [0.717, 1.165) is 18.7 Å². The first-order chi connectivity index (χ1) is 6.16. The molecule has 0 amide bonds. The number of nitrogens with one attached hydrogen (secondary N) is 1. The average molecular weight is 179 g/mol. The SMILES string of the molecule is Cc1nc2c([nH]1)CC(C(C)N)CC2. The number of rotatable bonds is 1. The number of fused-ring (bicyclic) bond motifs is 1. The summed E-state index contributed by atoms with van der Waals surface area (Å²) in [4.78, 5) is 7.76. The van der Waals surface area contributed by atoms with Gasteiger partial charge in [-0.15, -0.1) is 0 Å². The molecule has 0 spiro atoms. The Labute approximate surface area is 78.7 Å². The molecule has 0 bridgehead atoms. The van der Waals surface area contributed by atoms with Crippen molar-refractivity contribution in [1.29, 1.82) is 0 Å². The van der Waals surface area contributed by atoms with E-state index in [0.29, 0.717) is 12.0 Å². The third-order valence-corrected chi connectivity index (χ3v) is 2.94. The van der Waals surface area contributed by atoms with Gasteiger partial charge in [0.15, 0.2) is 0 Å². The maximum atomic E-state index is 5.90. The van der Waals surface area contributed by atoms with Crippen LogP contribution in [0.3, 0.4) is 0 Å². The Bertz CT molecular complexity index is 301. The van der Waals surface area contributed by atoms with Gasteiger partial charge in [-0.1, -0.05) is 0 Å². The van der Waals surface area contributed by atoms with E-state index in [-0.39, 0.29) is 0 Å². The molecule has 0 aliphatic heterocycles. The fourth-order valence-electron chi connectivity index (χ4n) is 2.10. The summed E-state index contributed by atoms with van der Waals surface area (Å²) in [5.74, 6) is 1.67. The zero-order chi connectivity index (χ0) is 9.42. The highest BCUT2D eigenvalue weighted by Gasteiger charge is 2.23. The molecule has 3 N–H and O–H groups in total. The van der Waals surface area contributed by atoms with Crippen LogP contribution in [0.4, 0.5) is 0 Å². The van der Waals surface area contributed by atoms with Gasteiger partial charge < -0.3 is 10.7 Å². The molecule has 0 fully saturated rings. The van der Waals surface area contributed by atoms with Crippen LogP contribution in [0, 0.1) is 12.8 Å². The maximum Gasteiger partial charge on any atom is 0.103 e. The van der Waals surface area contributed by atoms with Gasteiger partial charge in [0.05, 0.1) is 5.69 Å². The molecule has 0 saturated heterocycles. The largest absolute Gasteiger partial charge is 0.346 e. The van der Waals surface area contributed by atoms with Crippen LogP contribution in [0.1, 0.15) is 30.6 Å². The quantitative estimate of drug-likeness (QED) is 0.680. The molecule has 2 rings (SSSR count). The molecule has 13 heavy (non-hydrogen) atoms. The minimum atomic E-state index is 0.303. The second kappa shape index (κ2) is 3.14. The first-order valence-corrected chi connectivity index (χ1v) is 4.96. The van der Waals surface area contributed by atoms with Crippen molar-refractivity contribution in [3.8, 4) is 0 Å². The lowest BCUT2D eigenvalue weighted by Crippen LogP contribution is -2.31. The van der Waals surface area contributed by atoms with Crippen molar-refractivity contribution in [2.24, 2.45) is 11.7 Å². The van der Waals surface area contributed by atoms with E-state index in [1.54, 1.807) is 0 Å². The normalized spacial score (nSPS) is 24.1. The highest BCUT2D eigenvalue weighted by Crippen LogP contribution is 2.25. The minimum absolute atomic E-state index is 0.303. The molecular weight excluding hydrogens is 162 g/mol. The summed E-state index contributed by atoms with van der Waals surface area (Å²) < 4.78 is 0. The number of hydrogen-bond donors (Lipinski definition) is 2. The van der Waals surface area contributed by atoms with Crippen molar-refractivity contribution in [2.45, 2.75) is 39.2 Å². The molecule has 0 radical (unpaired) electrons. The van der Waals surface area contributed by atoms with E-state index in [1.165, 1.54) is 17.8 Å².